The molecule has 1 aliphatic rings. The maximum Gasteiger partial charge on any atom is 0.271 e. The van der Waals surface area contributed by atoms with Crippen molar-refractivity contribution in [3.05, 3.63) is 54.0 Å². The third-order valence-corrected chi connectivity index (χ3v) is 5.86. The Morgan fingerprint density at radius 3 is 2.60 bits per heavy atom. The van der Waals surface area contributed by atoms with Crippen molar-refractivity contribution in [2.45, 2.75) is 19.0 Å². The second-order valence-corrected chi connectivity index (χ2v) is 8.40. The molecule has 1 aliphatic heterocycles. The van der Waals surface area contributed by atoms with Gasteiger partial charge in [-0.15, -0.1) is 0 Å². The quantitative estimate of drug-likeness (QED) is 0.856. The van der Waals surface area contributed by atoms with Gasteiger partial charge in [0, 0.05) is 19.6 Å². The van der Waals surface area contributed by atoms with E-state index in [1.165, 1.54) is 6.20 Å². The summed E-state index contributed by atoms with van der Waals surface area (Å²) in [6.45, 7) is 0.682. The van der Waals surface area contributed by atoms with Crippen LogP contribution in [0.1, 0.15) is 22.5 Å². The summed E-state index contributed by atoms with van der Waals surface area (Å²) < 4.78 is 22.9. The molecule has 132 valence electrons. The minimum atomic E-state index is -3.03. The number of amides is 1. The molecule has 0 radical (unpaired) electrons. The van der Waals surface area contributed by atoms with E-state index in [2.05, 4.69) is 15.3 Å². The molecular formula is C17H20N4O3S. The molecule has 0 bridgehead atoms. The van der Waals surface area contributed by atoms with Crippen LogP contribution in [-0.4, -0.2) is 48.9 Å². The molecule has 1 atom stereocenters. The highest BCUT2D eigenvalue weighted by molar-refractivity contribution is 7.91. The molecular weight excluding hydrogens is 340 g/mol. The van der Waals surface area contributed by atoms with Crippen LogP contribution in [0.5, 0.6) is 0 Å². The fourth-order valence-corrected chi connectivity index (χ4v) is 4.42. The summed E-state index contributed by atoms with van der Waals surface area (Å²) >= 11 is 0. The van der Waals surface area contributed by atoms with Gasteiger partial charge in [0.25, 0.3) is 5.91 Å². The number of nitrogens with zero attached hydrogens (tertiary/aromatic N) is 3. The zero-order valence-corrected chi connectivity index (χ0v) is 14.7. The zero-order chi connectivity index (χ0) is 17.9. The van der Waals surface area contributed by atoms with E-state index in [-0.39, 0.29) is 23.2 Å². The highest BCUT2D eigenvalue weighted by atomic mass is 32.2. The number of aromatic nitrogens is 2. The second-order valence-electron chi connectivity index (χ2n) is 6.17. The summed E-state index contributed by atoms with van der Waals surface area (Å²) in [4.78, 5) is 22.5. The highest BCUT2D eigenvalue weighted by Gasteiger charge is 2.29. The van der Waals surface area contributed by atoms with Crippen LogP contribution in [0.25, 0.3) is 0 Å². The summed E-state index contributed by atoms with van der Waals surface area (Å²) in [5.41, 5.74) is 1.33. The molecule has 1 fully saturated rings. The monoisotopic (exact) mass is 360 g/mol. The van der Waals surface area contributed by atoms with Gasteiger partial charge in [0.1, 0.15) is 11.5 Å². The Bertz CT molecular complexity index is 838. The fraction of sp³-hybridized carbons (Fsp3) is 0.353. The number of hydrogen-bond donors (Lipinski definition) is 1. The molecule has 25 heavy (non-hydrogen) atoms. The predicted molar refractivity (Wildman–Crippen MR) is 95.1 cm³/mol. The van der Waals surface area contributed by atoms with Crippen LogP contribution in [0.4, 0.5) is 5.82 Å². The van der Waals surface area contributed by atoms with Crippen LogP contribution >= 0.6 is 0 Å². The van der Waals surface area contributed by atoms with Gasteiger partial charge in [0.2, 0.25) is 0 Å². The SMILES string of the molecule is CN(Cc1ccccc1)c1cnc(C(=O)NC2CCS(=O)(=O)C2)cn1. The van der Waals surface area contributed by atoms with E-state index < -0.39 is 15.7 Å². The van der Waals surface area contributed by atoms with Crippen LogP contribution < -0.4 is 10.2 Å². The number of sulfone groups is 1. The van der Waals surface area contributed by atoms with Crippen LogP contribution in [-0.2, 0) is 16.4 Å². The Kier molecular flexibility index (Phi) is 4.98. The van der Waals surface area contributed by atoms with Crippen molar-refractivity contribution in [3.63, 3.8) is 0 Å². The third kappa shape index (κ3) is 4.54. The molecule has 8 heteroatoms. The maximum atomic E-state index is 12.2. The number of anilines is 1. The number of hydrogen-bond acceptors (Lipinski definition) is 6. The van der Waals surface area contributed by atoms with E-state index in [4.69, 9.17) is 0 Å². The van der Waals surface area contributed by atoms with Gasteiger partial charge in [-0.25, -0.2) is 18.4 Å². The lowest BCUT2D eigenvalue weighted by Crippen LogP contribution is -2.36. The van der Waals surface area contributed by atoms with E-state index in [0.717, 1.165) is 5.56 Å². The summed E-state index contributed by atoms with van der Waals surface area (Å²) in [6, 6.07) is 9.63. The minimum Gasteiger partial charge on any atom is -0.354 e. The van der Waals surface area contributed by atoms with E-state index in [1.807, 2.05) is 42.3 Å². The van der Waals surface area contributed by atoms with Crippen molar-refractivity contribution < 1.29 is 13.2 Å². The molecule has 1 aromatic carbocycles. The van der Waals surface area contributed by atoms with Crippen LogP contribution in [0.3, 0.4) is 0 Å². The van der Waals surface area contributed by atoms with Crippen molar-refractivity contribution >= 4 is 21.6 Å². The van der Waals surface area contributed by atoms with Crippen LogP contribution in [0.2, 0.25) is 0 Å². The molecule has 1 N–H and O–H groups in total. The van der Waals surface area contributed by atoms with Gasteiger partial charge < -0.3 is 10.2 Å². The van der Waals surface area contributed by atoms with Crippen LogP contribution in [0.15, 0.2) is 42.7 Å². The summed E-state index contributed by atoms with van der Waals surface area (Å²) in [5.74, 6) is 0.368. The normalized spacial score (nSPS) is 18.7. The lowest BCUT2D eigenvalue weighted by Gasteiger charge is -2.18. The largest absolute Gasteiger partial charge is 0.354 e. The van der Waals surface area contributed by atoms with E-state index in [9.17, 15) is 13.2 Å². The molecule has 0 spiro atoms. The first-order valence-corrected chi connectivity index (χ1v) is 9.83. The summed E-state index contributed by atoms with van der Waals surface area (Å²) in [7, 11) is -1.13. The molecule has 1 aromatic heterocycles. The average molecular weight is 360 g/mol. The van der Waals surface area contributed by atoms with Crippen molar-refractivity contribution in [3.8, 4) is 0 Å². The summed E-state index contributed by atoms with van der Waals surface area (Å²) in [5, 5.41) is 2.71. The Morgan fingerprint density at radius 1 is 1.24 bits per heavy atom. The Morgan fingerprint density at radius 2 is 2.00 bits per heavy atom. The molecule has 2 aromatic rings. The maximum absolute atomic E-state index is 12.2. The molecule has 2 heterocycles. The smallest absolute Gasteiger partial charge is 0.271 e. The minimum absolute atomic E-state index is 0.00986. The first-order chi connectivity index (χ1) is 11.9. The number of carbonyl (C=O) groups excluding carboxylic acids is 1. The van der Waals surface area contributed by atoms with Gasteiger partial charge in [-0.05, 0) is 12.0 Å². The van der Waals surface area contributed by atoms with Gasteiger partial charge in [-0.1, -0.05) is 30.3 Å². The molecule has 0 aliphatic carbocycles. The lowest BCUT2D eigenvalue weighted by molar-refractivity contribution is 0.0935. The Hall–Kier alpha value is -2.48. The molecule has 0 saturated carbocycles. The van der Waals surface area contributed by atoms with E-state index >= 15 is 0 Å². The average Bonchev–Trinajstić information content (AvgIpc) is 2.94. The molecule has 3 rings (SSSR count). The number of rotatable bonds is 5. The number of benzene rings is 1. The van der Waals surface area contributed by atoms with Crippen LogP contribution in [0, 0.1) is 0 Å². The fourth-order valence-electron chi connectivity index (χ4n) is 2.74. The number of nitrogens with one attached hydrogen (secondary N) is 1. The third-order valence-electron chi connectivity index (χ3n) is 4.09. The van der Waals surface area contributed by atoms with E-state index in [0.29, 0.717) is 18.8 Å². The van der Waals surface area contributed by atoms with Crippen molar-refractivity contribution in [2.24, 2.45) is 0 Å². The highest BCUT2D eigenvalue weighted by Crippen LogP contribution is 2.13. The lowest BCUT2D eigenvalue weighted by atomic mass is 10.2. The molecule has 7 nitrogen and oxygen atoms in total. The zero-order valence-electron chi connectivity index (χ0n) is 13.9. The Labute approximate surface area is 147 Å². The van der Waals surface area contributed by atoms with Gasteiger partial charge in [-0.3, -0.25) is 4.79 Å². The van der Waals surface area contributed by atoms with Crippen molar-refractivity contribution in [2.75, 3.05) is 23.5 Å². The van der Waals surface area contributed by atoms with Gasteiger partial charge in [-0.2, -0.15) is 0 Å². The van der Waals surface area contributed by atoms with Gasteiger partial charge in [0.15, 0.2) is 9.84 Å². The molecule has 1 saturated heterocycles. The van der Waals surface area contributed by atoms with Gasteiger partial charge in [0.05, 0.1) is 23.9 Å². The predicted octanol–water partition coefficient (Wildman–Crippen LogP) is 1.03. The van der Waals surface area contributed by atoms with Crippen molar-refractivity contribution in [1.82, 2.24) is 15.3 Å². The summed E-state index contributed by atoms with van der Waals surface area (Å²) in [6.07, 6.45) is 3.40. The van der Waals surface area contributed by atoms with Gasteiger partial charge >= 0.3 is 0 Å². The first-order valence-electron chi connectivity index (χ1n) is 8.01. The standard InChI is InChI=1S/C17H20N4O3S/c1-21(11-13-5-3-2-4-6-13)16-10-18-15(9-19-16)17(22)20-14-7-8-25(23,24)12-14/h2-6,9-10,14H,7-8,11-12H2,1H3,(H,20,22). The first kappa shape index (κ1) is 17.3. The Balaban J connectivity index is 1.60. The molecule has 1 unspecified atom stereocenters. The topological polar surface area (TPSA) is 92.3 Å². The number of carbonyl (C=O) groups is 1. The van der Waals surface area contributed by atoms with E-state index in [1.54, 1.807) is 6.20 Å². The van der Waals surface area contributed by atoms with Crippen molar-refractivity contribution in [1.29, 1.82) is 0 Å². The second kappa shape index (κ2) is 7.18. The molecule has 1 amide bonds.